The van der Waals surface area contributed by atoms with Gasteiger partial charge in [0, 0.05) is 9.86 Å². The molecular weight excluding hydrogens is 328 g/mol. The average molecular weight is 339 g/mol. The first-order chi connectivity index (χ1) is 10.3. The smallest absolute Gasteiger partial charge is 0.138 e. The number of halogens is 1. The molecule has 0 N–H and O–H groups in total. The molecule has 0 bridgehead atoms. The molecule has 0 amide bonds. The van der Waals surface area contributed by atoms with Crippen LogP contribution in [0.25, 0.3) is 10.9 Å². The molecule has 3 rings (SSSR count). The first kappa shape index (κ1) is 13.6. The third kappa shape index (κ3) is 3.04. The summed E-state index contributed by atoms with van der Waals surface area (Å²) in [5.74, 6) is 0.688. The van der Waals surface area contributed by atoms with Crippen molar-refractivity contribution in [3.8, 4) is 11.8 Å². The Labute approximate surface area is 130 Å². The minimum absolute atomic E-state index is 0.493. The Morgan fingerprint density at radius 3 is 2.71 bits per heavy atom. The third-order valence-electron chi connectivity index (χ3n) is 3.09. The summed E-state index contributed by atoms with van der Waals surface area (Å²) in [7, 11) is 0. The molecule has 3 nitrogen and oxygen atoms in total. The van der Waals surface area contributed by atoms with Gasteiger partial charge in [0.1, 0.15) is 12.4 Å². The number of pyridine rings is 1. The molecule has 0 aliphatic rings. The molecule has 0 saturated heterocycles. The van der Waals surface area contributed by atoms with E-state index in [0.717, 1.165) is 20.9 Å². The Morgan fingerprint density at radius 2 is 1.95 bits per heavy atom. The molecule has 4 heteroatoms. The van der Waals surface area contributed by atoms with Gasteiger partial charge in [-0.3, -0.25) is 4.98 Å². The van der Waals surface area contributed by atoms with Gasteiger partial charge in [-0.1, -0.05) is 30.3 Å². The molecule has 102 valence electrons. The van der Waals surface area contributed by atoms with E-state index in [0.29, 0.717) is 17.9 Å². The van der Waals surface area contributed by atoms with Crippen LogP contribution < -0.4 is 4.74 Å². The van der Waals surface area contributed by atoms with Gasteiger partial charge in [-0.2, -0.15) is 5.26 Å². The van der Waals surface area contributed by atoms with Crippen LogP contribution in [0.2, 0.25) is 0 Å². The monoisotopic (exact) mass is 338 g/mol. The van der Waals surface area contributed by atoms with Crippen LogP contribution in [-0.2, 0) is 6.61 Å². The van der Waals surface area contributed by atoms with Crippen molar-refractivity contribution in [2.24, 2.45) is 0 Å². The summed E-state index contributed by atoms with van der Waals surface area (Å²) in [6, 6.07) is 17.6. The molecule has 0 aliphatic carbocycles. The molecule has 3 aromatic rings. The summed E-state index contributed by atoms with van der Waals surface area (Å²) in [4.78, 5) is 4.39. The number of fused-ring (bicyclic) bond motifs is 1. The molecule has 1 heterocycles. The number of nitriles is 1. The molecule has 2 aromatic carbocycles. The number of benzene rings is 2. The maximum atomic E-state index is 9.02. The van der Waals surface area contributed by atoms with Crippen LogP contribution in [0.15, 0.2) is 59.2 Å². The summed E-state index contributed by atoms with van der Waals surface area (Å²) < 4.78 is 6.56. The lowest BCUT2D eigenvalue weighted by atomic mass is 10.1. The minimum Gasteiger partial charge on any atom is -0.487 e. The fourth-order valence-corrected chi connectivity index (χ4v) is 2.65. The van der Waals surface area contributed by atoms with Gasteiger partial charge < -0.3 is 4.74 Å². The van der Waals surface area contributed by atoms with Crippen molar-refractivity contribution < 1.29 is 4.74 Å². The van der Waals surface area contributed by atoms with Gasteiger partial charge in [-0.25, -0.2) is 0 Å². The van der Waals surface area contributed by atoms with Crippen LogP contribution in [-0.4, -0.2) is 4.98 Å². The van der Waals surface area contributed by atoms with Crippen molar-refractivity contribution >= 4 is 26.8 Å². The van der Waals surface area contributed by atoms with Gasteiger partial charge in [0.2, 0.25) is 0 Å². The van der Waals surface area contributed by atoms with E-state index < -0.39 is 0 Å². The Balaban J connectivity index is 1.89. The molecule has 1 aromatic heterocycles. The highest BCUT2D eigenvalue weighted by Gasteiger charge is 2.05. The second-order valence-corrected chi connectivity index (χ2v) is 5.44. The quantitative estimate of drug-likeness (QED) is 0.708. The van der Waals surface area contributed by atoms with E-state index in [-0.39, 0.29) is 0 Å². The number of hydrogen-bond donors (Lipinski definition) is 0. The van der Waals surface area contributed by atoms with Gasteiger partial charge >= 0.3 is 0 Å². The van der Waals surface area contributed by atoms with Crippen LogP contribution in [0.3, 0.4) is 0 Å². The van der Waals surface area contributed by atoms with E-state index in [9.17, 15) is 0 Å². The number of hydrogen-bond acceptors (Lipinski definition) is 3. The Bertz CT molecular complexity index is 825. The highest BCUT2D eigenvalue weighted by Crippen LogP contribution is 2.27. The van der Waals surface area contributed by atoms with Gasteiger partial charge in [0.25, 0.3) is 0 Å². The fraction of sp³-hybridized carbons (Fsp3) is 0.0588. The Hall–Kier alpha value is -2.38. The highest BCUT2D eigenvalue weighted by atomic mass is 79.9. The number of ether oxygens (including phenoxy) is 1. The van der Waals surface area contributed by atoms with Crippen LogP contribution in [0.4, 0.5) is 0 Å². The molecule has 0 atom stereocenters. The molecule has 0 aliphatic heterocycles. The zero-order chi connectivity index (χ0) is 14.7. The van der Waals surface area contributed by atoms with Gasteiger partial charge in [-0.15, -0.1) is 0 Å². The summed E-state index contributed by atoms with van der Waals surface area (Å²) >= 11 is 3.43. The number of rotatable bonds is 3. The SMILES string of the molecule is N#Cc1cc(Br)c2ncc(OCc3ccccc3)cc2c1. The van der Waals surface area contributed by atoms with E-state index in [1.165, 1.54) is 0 Å². The van der Waals surface area contributed by atoms with Crippen LogP contribution in [0, 0.1) is 11.3 Å². The van der Waals surface area contributed by atoms with Crippen molar-refractivity contribution in [1.82, 2.24) is 4.98 Å². The molecule has 0 radical (unpaired) electrons. The second-order valence-electron chi connectivity index (χ2n) is 4.59. The summed E-state index contributed by atoms with van der Waals surface area (Å²) in [6.07, 6.45) is 1.70. The molecule has 21 heavy (non-hydrogen) atoms. The van der Waals surface area contributed by atoms with Crippen molar-refractivity contribution in [3.63, 3.8) is 0 Å². The Kier molecular flexibility index (Phi) is 3.85. The average Bonchev–Trinajstić information content (AvgIpc) is 2.53. The van der Waals surface area contributed by atoms with Crippen molar-refractivity contribution in [1.29, 1.82) is 5.26 Å². The maximum absolute atomic E-state index is 9.02. The van der Waals surface area contributed by atoms with Crippen LogP contribution in [0.5, 0.6) is 5.75 Å². The number of nitrogens with zero attached hydrogens (tertiary/aromatic N) is 2. The van der Waals surface area contributed by atoms with Gasteiger partial charge in [-0.05, 0) is 39.7 Å². The summed E-state index contributed by atoms with van der Waals surface area (Å²) in [5.41, 5.74) is 2.52. The van der Waals surface area contributed by atoms with Crippen molar-refractivity contribution in [2.75, 3.05) is 0 Å². The first-order valence-electron chi connectivity index (χ1n) is 6.42. The topological polar surface area (TPSA) is 45.9 Å². The van der Waals surface area contributed by atoms with Gasteiger partial charge in [0.15, 0.2) is 0 Å². The van der Waals surface area contributed by atoms with E-state index in [4.69, 9.17) is 10.00 Å². The maximum Gasteiger partial charge on any atom is 0.138 e. The lowest BCUT2D eigenvalue weighted by molar-refractivity contribution is 0.305. The summed E-state index contributed by atoms with van der Waals surface area (Å²) in [5, 5.41) is 9.90. The van der Waals surface area contributed by atoms with Crippen LogP contribution >= 0.6 is 15.9 Å². The third-order valence-corrected chi connectivity index (χ3v) is 3.69. The molecule has 0 saturated carbocycles. The van der Waals surface area contributed by atoms with E-state index >= 15 is 0 Å². The fourth-order valence-electron chi connectivity index (χ4n) is 2.07. The highest BCUT2D eigenvalue weighted by molar-refractivity contribution is 9.10. The largest absolute Gasteiger partial charge is 0.487 e. The molecule has 0 fully saturated rings. The predicted molar refractivity (Wildman–Crippen MR) is 84.9 cm³/mol. The lowest BCUT2D eigenvalue weighted by Crippen LogP contribution is -1.96. The van der Waals surface area contributed by atoms with Crippen molar-refractivity contribution in [2.45, 2.75) is 6.61 Å². The first-order valence-corrected chi connectivity index (χ1v) is 7.22. The summed E-state index contributed by atoms with van der Waals surface area (Å²) in [6.45, 7) is 0.493. The lowest BCUT2D eigenvalue weighted by Gasteiger charge is -2.08. The zero-order valence-corrected chi connectivity index (χ0v) is 12.7. The second kappa shape index (κ2) is 5.94. The minimum atomic E-state index is 0.493. The van der Waals surface area contributed by atoms with Crippen molar-refractivity contribution in [3.05, 3.63) is 70.3 Å². The van der Waals surface area contributed by atoms with Gasteiger partial charge in [0.05, 0.1) is 23.3 Å². The predicted octanol–water partition coefficient (Wildman–Crippen LogP) is 4.45. The molecule has 0 unspecified atom stereocenters. The number of aromatic nitrogens is 1. The van der Waals surface area contributed by atoms with E-state index in [2.05, 4.69) is 27.0 Å². The van der Waals surface area contributed by atoms with E-state index in [1.54, 1.807) is 12.3 Å². The molecule has 0 spiro atoms. The normalized spacial score (nSPS) is 10.3. The van der Waals surface area contributed by atoms with Crippen LogP contribution in [0.1, 0.15) is 11.1 Å². The Morgan fingerprint density at radius 1 is 1.14 bits per heavy atom. The zero-order valence-electron chi connectivity index (χ0n) is 11.1. The van der Waals surface area contributed by atoms with E-state index in [1.807, 2.05) is 42.5 Å². The standard InChI is InChI=1S/C17H11BrN2O/c18-16-7-13(9-19)6-14-8-15(10-20-17(14)16)21-11-12-4-2-1-3-5-12/h1-8,10H,11H2. The molecular formula is C17H11BrN2O.